The van der Waals surface area contributed by atoms with Gasteiger partial charge in [-0.2, -0.15) is 0 Å². The molecule has 2 atom stereocenters. The Labute approximate surface area is 80.1 Å². The molecule has 3 nitrogen and oxygen atoms in total. The van der Waals surface area contributed by atoms with E-state index in [1.54, 1.807) is 0 Å². The van der Waals surface area contributed by atoms with Crippen molar-refractivity contribution in [3.05, 3.63) is 0 Å². The predicted molar refractivity (Wildman–Crippen MR) is 53.2 cm³/mol. The summed E-state index contributed by atoms with van der Waals surface area (Å²) in [4.78, 5) is 11.4. The summed E-state index contributed by atoms with van der Waals surface area (Å²) in [6.45, 7) is 3.65. The first-order valence-electron chi connectivity index (χ1n) is 5.27. The Morgan fingerprint density at radius 1 is 1.54 bits per heavy atom. The van der Waals surface area contributed by atoms with Crippen molar-refractivity contribution in [1.82, 2.24) is 5.32 Å². The zero-order valence-corrected chi connectivity index (χ0v) is 8.38. The van der Waals surface area contributed by atoms with Crippen molar-refractivity contribution < 1.29 is 4.79 Å². The Balaban J connectivity index is 1.99. The van der Waals surface area contributed by atoms with Crippen LogP contribution >= 0.6 is 0 Å². The van der Waals surface area contributed by atoms with Gasteiger partial charge in [-0.15, -0.1) is 0 Å². The van der Waals surface area contributed by atoms with E-state index in [1.165, 1.54) is 12.8 Å². The minimum absolute atomic E-state index is 0.214. The number of nitrogens with one attached hydrogen (secondary N) is 1. The summed E-state index contributed by atoms with van der Waals surface area (Å²) in [6, 6.07) is 0. The molecule has 1 aliphatic rings. The highest BCUT2D eigenvalue weighted by Crippen LogP contribution is 2.37. The molecule has 3 N–H and O–H groups in total. The Bertz CT molecular complexity index is 170. The molecule has 2 unspecified atom stereocenters. The maximum atomic E-state index is 11.4. The third-order valence-corrected chi connectivity index (χ3v) is 2.64. The Morgan fingerprint density at radius 3 is 2.85 bits per heavy atom. The van der Waals surface area contributed by atoms with Gasteiger partial charge in [-0.1, -0.05) is 19.8 Å². The van der Waals surface area contributed by atoms with Crippen LogP contribution in [0.1, 0.15) is 32.6 Å². The minimum atomic E-state index is 0.214. The predicted octanol–water partition coefficient (Wildman–Crippen LogP) is 0.888. The van der Waals surface area contributed by atoms with E-state index in [9.17, 15) is 4.79 Å². The largest absolute Gasteiger partial charge is 0.356 e. The first-order valence-corrected chi connectivity index (χ1v) is 5.27. The summed E-state index contributed by atoms with van der Waals surface area (Å²) in [5.74, 6) is 0.907. The highest BCUT2D eigenvalue weighted by atomic mass is 16.2. The van der Waals surface area contributed by atoms with Crippen LogP contribution in [0.25, 0.3) is 0 Å². The molecule has 1 saturated carbocycles. The summed E-state index contributed by atoms with van der Waals surface area (Å²) < 4.78 is 0. The molecule has 0 heterocycles. The topological polar surface area (TPSA) is 55.1 Å². The van der Waals surface area contributed by atoms with Crippen LogP contribution < -0.4 is 11.1 Å². The second-order valence-corrected chi connectivity index (χ2v) is 3.84. The lowest BCUT2D eigenvalue weighted by atomic mass is 10.2. The van der Waals surface area contributed by atoms with Gasteiger partial charge in [0.25, 0.3) is 0 Å². The SMILES string of the molecule is CCCCCNC(=O)C1CC1CN. The number of nitrogens with two attached hydrogens (primary N) is 1. The van der Waals surface area contributed by atoms with E-state index >= 15 is 0 Å². The van der Waals surface area contributed by atoms with E-state index in [1.807, 2.05) is 0 Å². The van der Waals surface area contributed by atoms with Gasteiger partial charge in [0, 0.05) is 12.5 Å². The Hall–Kier alpha value is -0.570. The van der Waals surface area contributed by atoms with Gasteiger partial charge in [0.05, 0.1) is 0 Å². The fraction of sp³-hybridized carbons (Fsp3) is 0.900. The van der Waals surface area contributed by atoms with Crippen LogP contribution in [0.15, 0.2) is 0 Å². The number of hydrogen-bond donors (Lipinski definition) is 2. The average Bonchev–Trinajstić information content (AvgIpc) is 2.91. The maximum Gasteiger partial charge on any atom is 0.223 e. The number of hydrogen-bond acceptors (Lipinski definition) is 2. The average molecular weight is 184 g/mol. The zero-order chi connectivity index (χ0) is 9.68. The quantitative estimate of drug-likeness (QED) is 0.602. The number of amides is 1. The molecular weight excluding hydrogens is 164 g/mol. The summed E-state index contributed by atoms with van der Waals surface area (Å²) >= 11 is 0. The van der Waals surface area contributed by atoms with E-state index in [0.717, 1.165) is 19.4 Å². The van der Waals surface area contributed by atoms with Crippen molar-refractivity contribution in [2.75, 3.05) is 13.1 Å². The molecule has 0 bridgehead atoms. The molecule has 0 saturated heterocycles. The fourth-order valence-corrected chi connectivity index (χ4v) is 1.55. The van der Waals surface area contributed by atoms with Crippen LogP contribution in [-0.2, 0) is 4.79 Å². The standard InChI is InChI=1S/C10H20N2O/c1-2-3-4-5-12-10(13)9-6-8(9)7-11/h8-9H,2-7,11H2,1H3,(H,12,13). The summed E-state index contributed by atoms with van der Waals surface area (Å²) in [6.07, 6.45) is 4.49. The van der Waals surface area contributed by atoms with Gasteiger partial charge in [0.2, 0.25) is 5.91 Å². The number of carbonyl (C=O) groups excluding carboxylic acids is 1. The van der Waals surface area contributed by atoms with Gasteiger partial charge in [0.15, 0.2) is 0 Å². The van der Waals surface area contributed by atoms with Crippen LogP contribution in [0.5, 0.6) is 0 Å². The molecule has 1 aliphatic carbocycles. The Kier molecular flexibility index (Phi) is 4.22. The third-order valence-electron chi connectivity index (χ3n) is 2.64. The summed E-state index contributed by atoms with van der Waals surface area (Å²) in [5, 5.41) is 2.95. The minimum Gasteiger partial charge on any atom is -0.356 e. The van der Waals surface area contributed by atoms with Crippen LogP contribution in [0.4, 0.5) is 0 Å². The van der Waals surface area contributed by atoms with Crippen molar-refractivity contribution in [2.45, 2.75) is 32.6 Å². The van der Waals surface area contributed by atoms with Gasteiger partial charge in [-0.25, -0.2) is 0 Å². The van der Waals surface area contributed by atoms with E-state index in [-0.39, 0.29) is 11.8 Å². The number of carbonyl (C=O) groups is 1. The molecule has 1 fully saturated rings. The number of unbranched alkanes of at least 4 members (excludes halogenated alkanes) is 2. The molecule has 0 spiro atoms. The normalized spacial score (nSPS) is 25.7. The van der Waals surface area contributed by atoms with Gasteiger partial charge in [0.1, 0.15) is 0 Å². The van der Waals surface area contributed by atoms with Crippen LogP contribution in [0.2, 0.25) is 0 Å². The molecule has 13 heavy (non-hydrogen) atoms. The second-order valence-electron chi connectivity index (χ2n) is 3.84. The highest BCUT2D eigenvalue weighted by Gasteiger charge is 2.41. The first-order chi connectivity index (χ1) is 6.29. The van der Waals surface area contributed by atoms with E-state index in [4.69, 9.17) is 5.73 Å². The molecule has 0 aromatic carbocycles. The third kappa shape index (κ3) is 3.35. The van der Waals surface area contributed by atoms with Crippen LogP contribution in [0.3, 0.4) is 0 Å². The summed E-state index contributed by atoms with van der Waals surface area (Å²) in [7, 11) is 0. The van der Waals surface area contributed by atoms with Gasteiger partial charge in [-0.3, -0.25) is 4.79 Å². The Morgan fingerprint density at radius 2 is 2.31 bits per heavy atom. The lowest BCUT2D eigenvalue weighted by Gasteiger charge is -2.03. The summed E-state index contributed by atoms with van der Waals surface area (Å²) in [5.41, 5.74) is 5.46. The first kappa shape index (κ1) is 10.5. The molecule has 1 rings (SSSR count). The van der Waals surface area contributed by atoms with E-state index < -0.39 is 0 Å². The monoisotopic (exact) mass is 184 g/mol. The maximum absolute atomic E-state index is 11.4. The lowest BCUT2D eigenvalue weighted by Crippen LogP contribution is -2.27. The molecular formula is C10H20N2O. The fourth-order valence-electron chi connectivity index (χ4n) is 1.55. The molecule has 0 aromatic rings. The van der Waals surface area contributed by atoms with Gasteiger partial charge < -0.3 is 11.1 Å². The van der Waals surface area contributed by atoms with Crippen molar-refractivity contribution in [3.63, 3.8) is 0 Å². The van der Waals surface area contributed by atoms with Crippen molar-refractivity contribution in [1.29, 1.82) is 0 Å². The second kappa shape index (κ2) is 5.22. The molecule has 76 valence electrons. The van der Waals surface area contributed by atoms with Gasteiger partial charge in [-0.05, 0) is 25.3 Å². The molecule has 0 aromatic heterocycles. The highest BCUT2D eigenvalue weighted by molar-refractivity contribution is 5.81. The van der Waals surface area contributed by atoms with Gasteiger partial charge >= 0.3 is 0 Å². The van der Waals surface area contributed by atoms with Crippen molar-refractivity contribution >= 4 is 5.91 Å². The number of rotatable bonds is 6. The molecule has 3 heteroatoms. The van der Waals surface area contributed by atoms with E-state index in [0.29, 0.717) is 12.5 Å². The smallest absolute Gasteiger partial charge is 0.223 e. The molecule has 1 amide bonds. The van der Waals surface area contributed by atoms with Crippen LogP contribution in [-0.4, -0.2) is 19.0 Å². The zero-order valence-electron chi connectivity index (χ0n) is 8.38. The van der Waals surface area contributed by atoms with E-state index in [2.05, 4.69) is 12.2 Å². The molecule has 0 aliphatic heterocycles. The van der Waals surface area contributed by atoms with Crippen molar-refractivity contribution in [2.24, 2.45) is 17.6 Å². The lowest BCUT2D eigenvalue weighted by molar-refractivity contribution is -0.122. The van der Waals surface area contributed by atoms with Crippen LogP contribution in [0, 0.1) is 11.8 Å². The molecule has 0 radical (unpaired) electrons. The van der Waals surface area contributed by atoms with Crippen molar-refractivity contribution in [3.8, 4) is 0 Å².